The van der Waals surface area contributed by atoms with Gasteiger partial charge in [-0.3, -0.25) is 0 Å². The second kappa shape index (κ2) is 3.91. The number of hydrogen-bond acceptors (Lipinski definition) is 3. The Morgan fingerprint density at radius 3 is 3.00 bits per heavy atom. The minimum atomic E-state index is 0.251. The smallest absolute Gasteiger partial charge is 0.0933 e. The van der Waals surface area contributed by atoms with Crippen LogP contribution in [-0.2, 0) is 9.47 Å². The van der Waals surface area contributed by atoms with E-state index in [0.717, 1.165) is 13.2 Å². The first kappa shape index (κ1) is 7.98. The van der Waals surface area contributed by atoms with Crippen LogP contribution >= 0.6 is 0 Å². The first-order valence-corrected chi connectivity index (χ1v) is 3.67. The molecular weight excluding hydrogens is 130 g/mol. The van der Waals surface area contributed by atoms with E-state index in [0.29, 0.717) is 12.6 Å². The predicted octanol–water partition coefficient (Wildman–Crippen LogP) is 0.00970. The van der Waals surface area contributed by atoms with Gasteiger partial charge in [-0.25, -0.2) is 0 Å². The SMILES string of the molecule is COCC1CNC(C)CO1. The van der Waals surface area contributed by atoms with Crippen LogP contribution in [0.2, 0.25) is 0 Å². The minimum absolute atomic E-state index is 0.251. The summed E-state index contributed by atoms with van der Waals surface area (Å²) < 4.78 is 10.4. The third-order valence-corrected chi connectivity index (χ3v) is 1.63. The number of morpholine rings is 1. The lowest BCUT2D eigenvalue weighted by Crippen LogP contribution is -2.46. The zero-order chi connectivity index (χ0) is 7.40. The van der Waals surface area contributed by atoms with Crippen molar-refractivity contribution in [1.82, 2.24) is 5.32 Å². The Kier molecular flexibility index (Phi) is 3.12. The highest BCUT2D eigenvalue weighted by atomic mass is 16.5. The molecule has 0 aromatic heterocycles. The van der Waals surface area contributed by atoms with Crippen LogP contribution in [0.5, 0.6) is 0 Å². The van der Waals surface area contributed by atoms with Crippen LogP contribution in [0.25, 0.3) is 0 Å². The van der Waals surface area contributed by atoms with Crippen molar-refractivity contribution < 1.29 is 9.47 Å². The molecule has 1 heterocycles. The fraction of sp³-hybridized carbons (Fsp3) is 1.00. The number of hydrogen-bond donors (Lipinski definition) is 1. The summed E-state index contributed by atoms with van der Waals surface area (Å²) in [7, 11) is 1.70. The zero-order valence-corrected chi connectivity index (χ0v) is 6.59. The molecule has 1 rings (SSSR count). The van der Waals surface area contributed by atoms with Gasteiger partial charge in [0.15, 0.2) is 0 Å². The molecule has 10 heavy (non-hydrogen) atoms. The van der Waals surface area contributed by atoms with E-state index in [1.807, 2.05) is 0 Å². The fourth-order valence-electron chi connectivity index (χ4n) is 1.02. The van der Waals surface area contributed by atoms with Crippen molar-refractivity contribution in [3.8, 4) is 0 Å². The Labute approximate surface area is 61.7 Å². The highest BCUT2D eigenvalue weighted by Gasteiger charge is 2.16. The van der Waals surface area contributed by atoms with E-state index < -0.39 is 0 Å². The molecule has 0 radical (unpaired) electrons. The Hall–Kier alpha value is -0.120. The molecule has 3 heteroatoms. The highest BCUT2D eigenvalue weighted by molar-refractivity contribution is 4.71. The standard InChI is InChI=1S/C7H15NO2/c1-6-4-10-7(3-8-6)5-9-2/h6-8H,3-5H2,1-2H3. The maximum atomic E-state index is 5.44. The van der Waals surface area contributed by atoms with Crippen molar-refractivity contribution >= 4 is 0 Å². The maximum Gasteiger partial charge on any atom is 0.0933 e. The van der Waals surface area contributed by atoms with Crippen molar-refractivity contribution in [2.75, 3.05) is 26.9 Å². The lowest BCUT2D eigenvalue weighted by Gasteiger charge is -2.27. The largest absolute Gasteiger partial charge is 0.382 e. The van der Waals surface area contributed by atoms with Gasteiger partial charge in [0.05, 0.1) is 19.3 Å². The quantitative estimate of drug-likeness (QED) is 0.593. The van der Waals surface area contributed by atoms with Crippen molar-refractivity contribution in [3.05, 3.63) is 0 Å². The second-order valence-electron chi connectivity index (χ2n) is 2.72. The second-order valence-corrected chi connectivity index (χ2v) is 2.72. The van der Waals surface area contributed by atoms with Crippen LogP contribution < -0.4 is 5.32 Å². The van der Waals surface area contributed by atoms with Crippen LogP contribution in [0.3, 0.4) is 0 Å². The molecule has 2 atom stereocenters. The lowest BCUT2D eigenvalue weighted by atomic mass is 10.2. The van der Waals surface area contributed by atoms with E-state index >= 15 is 0 Å². The Bertz CT molecular complexity index is 89.6. The molecule has 1 fully saturated rings. The molecule has 1 N–H and O–H groups in total. The van der Waals surface area contributed by atoms with Crippen LogP contribution in [0, 0.1) is 0 Å². The van der Waals surface area contributed by atoms with Crippen molar-refractivity contribution in [1.29, 1.82) is 0 Å². The van der Waals surface area contributed by atoms with Gasteiger partial charge in [-0.1, -0.05) is 0 Å². The van der Waals surface area contributed by atoms with Gasteiger partial charge in [-0.15, -0.1) is 0 Å². The van der Waals surface area contributed by atoms with Gasteiger partial charge in [0.1, 0.15) is 0 Å². The van der Waals surface area contributed by atoms with Gasteiger partial charge in [0.25, 0.3) is 0 Å². The Balaban J connectivity index is 2.13. The molecular formula is C7H15NO2. The van der Waals surface area contributed by atoms with Gasteiger partial charge in [0, 0.05) is 19.7 Å². The van der Waals surface area contributed by atoms with E-state index in [-0.39, 0.29) is 6.10 Å². The fourth-order valence-corrected chi connectivity index (χ4v) is 1.02. The summed E-state index contributed by atoms with van der Waals surface area (Å²) in [5.41, 5.74) is 0. The number of ether oxygens (including phenoxy) is 2. The molecule has 0 aromatic carbocycles. The predicted molar refractivity (Wildman–Crippen MR) is 39.1 cm³/mol. The van der Waals surface area contributed by atoms with Crippen LogP contribution in [-0.4, -0.2) is 39.0 Å². The first-order valence-electron chi connectivity index (χ1n) is 3.67. The average molecular weight is 145 g/mol. The van der Waals surface area contributed by atoms with Gasteiger partial charge >= 0.3 is 0 Å². The van der Waals surface area contributed by atoms with Gasteiger partial charge in [0.2, 0.25) is 0 Å². The Morgan fingerprint density at radius 2 is 2.50 bits per heavy atom. The summed E-state index contributed by atoms with van der Waals surface area (Å²) in [5.74, 6) is 0. The lowest BCUT2D eigenvalue weighted by molar-refractivity contribution is -0.0330. The van der Waals surface area contributed by atoms with Crippen LogP contribution in [0.15, 0.2) is 0 Å². The molecule has 0 bridgehead atoms. The van der Waals surface area contributed by atoms with Crippen molar-refractivity contribution in [2.24, 2.45) is 0 Å². The number of methoxy groups -OCH3 is 1. The van der Waals surface area contributed by atoms with E-state index in [1.54, 1.807) is 7.11 Å². The zero-order valence-electron chi connectivity index (χ0n) is 6.59. The molecule has 0 aromatic rings. The van der Waals surface area contributed by atoms with E-state index in [1.165, 1.54) is 0 Å². The van der Waals surface area contributed by atoms with Gasteiger partial charge in [-0.05, 0) is 6.92 Å². The van der Waals surface area contributed by atoms with Gasteiger partial charge < -0.3 is 14.8 Å². The first-order chi connectivity index (χ1) is 4.83. The molecule has 60 valence electrons. The average Bonchev–Trinajstić information content (AvgIpc) is 1.95. The number of nitrogens with one attached hydrogen (secondary N) is 1. The number of rotatable bonds is 2. The van der Waals surface area contributed by atoms with Gasteiger partial charge in [-0.2, -0.15) is 0 Å². The maximum absolute atomic E-state index is 5.44. The molecule has 1 aliphatic heterocycles. The van der Waals surface area contributed by atoms with Crippen LogP contribution in [0.1, 0.15) is 6.92 Å². The molecule has 0 saturated carbocycles. The third-order valence-electron chi connectivity index (χ3n) is 1.63. The van der Waals surface area contributed by atoms with Crippen LogP contribution in [0.4, 0.5) is 0 Å². The Morgan fingerprint density at radius 1 is 1.70 bits per heavy atom. The summed E-state index contributed by atoms with van der Waals surface area (Å²) in [6, 6.07) is 0.494. The van der Waals surface area contributed by atoms with E-state index in [9.17, 15) is 0 Å². The normalized spacial score (nSPS) is 34.2. The molecule has 2 unspecified atom stereocenters. The van der Waals surface area contributed by atoms with E-state index in [2.05, 4.69) is 12.2 Å². The third kappa shape index (κ3) is 2.25. The molecule has 0 spiro atoms. The van der Waals surface area contributed by atoms with E-state index in [4.69, 9.17) is 9.47 Å². The minimum Gasteiger partial charge on any atom is -0.382 e. The monoisotopic (exact) mass is 145 g/mol. The molecule has 0 aliphatic carbocycles. The highest BCUT2D eigenvalue weighted by Crippen LogP contribution is 1.99. The topological polar surface area (TPSA) is 30.5 Å². The summed E-state index contributed by atoms with van der Waals surface area (Å²) in [6.07, 6.45) is 0.251. The van der Waals surface area contributed by atoms with Crippen molar-refractivity contribution in [3.63, 3.8) is 0 Å². The molecule has 1 aliphatic rings. The molecule has 3 nitrogen and oxygen atoms in total. The molecule has 1 saturated heterocycles. The molecule has 0 amide bonds. The summed E-state index contributed by atoms with van der Waals surface area (Å²) in [6.45, 7) is 4.52. The van der Waals surface area contributed by atoms with Crippen molar-refractivity contribution in [2.45, 2.75) is 19.1 Å². The summed E-state index contributed by atoms with van der Waals surface area (Å²) in [4.78, 5) is 0. The summed E-state index contributed by atoms with van der Waals surface area (Å²) >= 11 is 0. The summed E-state index contributed by atoms with van der Waals surface area (Å²) in [5, 5.41) is 3.31.